The van der Waals surface area contributed by atoms with E-state index in [0.29, 0.717) is 0 Å². The monoisotopic (exact) mass is 268 g/mol. The number of nitrogens with zero attached hydrogens (tertiary/aromatic N) is 1. The largest absolute Gasteiger partial charge is 0.309 e. The Kier molecular flexibility index (Phi) is 3.32. The van der Waals surface area contributed by atoms with Gasteiger partial charge in [-0.15, -0.1) is 0 Å². The predicted octanol–water partition coefficient (Wildman–Crippen LogP) is 3.91. The Labute approximate surface area is 117 Å². The number of hydrogen-bond acceptors (Lipinski definition) is 3. The summed E-state index contributed by atoms with van der Waals surface area (Å²) in [6.45, 7) is 2.16. The minimum absolute atomic E-state index is 0.211. The molecule has 0 saturated heterocycles. The number of thiophene rings is 1. The highest BCUT2D eigenvalue weighted by molar-refractivity contribution is 7.08. The lowest BCUT2D eigenvalue weighted by Gasteiger charge is -2.17. The van der Waals surface area contributed by atoms with Crippen molar-refractivity contribution in [2.24, 2.45) is 0 Å². The molecule has 1 N–H and O–H groups in total. The lowest BCUT2D eigenvalue weighted by Crippen LogP contribution is -2.18. The number of rotatable bonds is 3. The van der Waals surface area contributed by atoms with Crippen LogP contribution in [0.4, 0.5) is 0 Å². The van der Waals surface area contributed by atoms with Crippen molar-refractivity contribution >= 4 is 22.2 Å². The molecule has 0 fully saturated rings. The van der Waals surface area contributed by atoms with Gasteiger partial charge in [0.2, 0.25) is 0 Å². The van der Waals surface area contributed by atoms with E-state index in [2.05, 4.69) is 46.2 Å². The summed E-state index contributed by atoms with van der Waals surface area (Å²) < 4.78 is 0. The van der Waals surface area contributed by atoms with Crippen LogP contribution >= 0.6 is 11.3 Å². The van der Waals surface area contributed by atoms with E-state index in [1.54, 1.807) is 11.3 Å². The topological polar surface area (TPSA) is 24.9 Å². The molecule has 0 amide bonds. The molecule has 2 heterocycles. The Morgan fingerprint density at radius 3 is 2.79 bits per heavy atom. The molecular formula is C16H16N2S. The highest BCUT2D eigenvalue weighted by atomic mass is 32.1. The van der Waals surface area contributed by atoms with Crippen LogP contribution in [0.25, 0.3) is 10.9 Å². The molecule has 1 aromatic carbocycles. The van der Waals surface area contributed by atoms with Crippen LogP contribution in [0.3, 0.4) is 0 Å². The molecule has 2 aromatic heterocycles. The van der Waals surface area contributed by atoms with Gasteiger partial charge in [0.25, 0.3) is 0 Å². The average molecular weight is 268 g/mol. The van der Waals surface area contributed by atoms with Crippen molar-refractivity contribution in [3.05, 3.63) is 64.0 Å². The Morgan fingerprint density at radius 2 is 2.05 bits per heavy atom. The summed E-state index contributed by atoms with van der Waals surface area (Å²) in [5.41, 5.74) is 4.92. The van der Waals surface area contributed by atoms with Crippen LogP contribution in [0.2, 0.25) is 0 Å². The first-order valence-electron chi connectivity index (χ1n) is 6.34. The van der Waals surface area contributed by atoms with Gasteiger partial charge in [0, 0.05) is 11.6 Å². The standard InChI is InChI=1S/C16H16N2S/c1-11-9-19-10-14(11)16(17-2)13-7-12-5-3-4-6-15(12)18-8-13/h3-10,16-17H,1-2H3. The zero-order valence-corrected chi connectivity index (χ0v) is 11.9. The van der Waals surface area contributed by atoms with Crippen molar-refractivity contribution in [1.29, 1.82) is 0 Å². The van der Waals surface area contributed by atoms with E-state index in [9.17, 15) is 0 Å². The van der Waals surface area contributed by atoms with Crippen molar-refractivity contribution in [2.45, 2.75) is 13.0 Å². The lowest BCUT2D eigenvalue weighted by atomic mass is 9.99. The first-order chi connectivity index (χ1) is 9.29. The van der Waals surface area contributed by atoms with E-state index in [-0.39, 0.29) is 6.04 Å². The van der Waals surface area contributed by atoms with Crippen LogP contribution in [0.5, 0.6) is 0 Å². The minimum atomic E-state index is 0.211. The summed E-state index contributed by atoms with van der Waals surface area (Å²) in [5.74, 6) is 0. The summed E-state index contributed by atoms with van der Waals surface area (Å²) >= 11 is 1.75. The number of nitrogens with one attached hydrogen (secondary N) is 1. The first kappa shape index (κ1) is 12.3. The highest BCUT2D eigenvalue weighted by Crippen LogP contribution is 2.28. The second-order valence-electron chi connectivity index (χ2n) is 4.69. The molecule has 0 saturated carbocycles. The molecular weight excluding hydrogens is 252 g/mol. The maximum absolute atomic E-state index is 4.55. The highest BCUT2D eigenvalue weighted by Gasteiger charge is 2.15. The second-order valence-corrected chi connectivity index (χ2v) is 5.44. The van der Waals surface area contributed by atoms with Gasteiger partial charge in [0.15, 0.2) is 0 Å². The molecule has 0 radical (unpaired) electrons. The zero-order chi connectivity index (χ0) is 13.2. The van der Waals surface area contributed by atoms with Crippen molar-refractivity contribution in [2.75, 3.05) is 7.05 Å². The van der Waals surface area contributed by atoms with Gasteiger partial charge in [-0.05, 0) is 53.6 Å². The molecule has 0 aliphatic rings. The number of aromatic nitrogens is 1. The number of hydrogen-bond donors (Lipinski definition) is 1. The fourth-order valence-electron chi connectivity index (χ4n) is 2.41. The van der Waals surface area contributed by atoms with Crippen LogP contribution in [-0.4, -0.2) is 12.0 Å². The third kappa shape index (κ3) is 2.27. The van der Waals surface area contributed by atoms with Gasteiger partial charge in [-0.2, -0.15) is 11.3 Å². The summed E-state index contributed by atoms with van der Waals surface area (Å²) in [6.07, 6.45) is 1.97. The molecule has 1 atom stereocenters. The van der Waals surface area contributed by atoms with Crippen LogP contribution in [-0.2, 0) is 0 Å². The van der Waals surface area contributed by atoms with Gasteiger partial charge in [-0.3, -0.25) is 4.98 Å². The van der Waals surface area contributed by atoms with E-state index in [0.717, 1.165) is 5.52 Å². The van der Waals surface area contributed by atoms with Gasteiger partial charge < -0.3 is 5.32 Å². The molecule has 3 aromatic rings. The van der Waals surface area contributed by atoms with Gasteiger partial charge in [0.1, 0.15) is 0 Å². The van der Waals surface area contributed by atoms with Crippen molar-refractivity contribution in [3.63, 3.8) is 0 Å². The molecule has 96 valence electrons. The average Bonchev–Trinajstić information content (AvgIpc) is 2.86. The Bertz CT molecular complexity index is 703. The molecule has 0 spiro atoms. The fourth-order valence-corrected chi connectivity index (χ4v) is 3.29. The normalized spacial score (nSPS) is 12.7. The van der Waals surface area contributed by atoms with Gasteiger partial charge in [-0.25, -0.2) is 0 Å². The molecule has 1 unspecified atom stereocenters. The van der Waals surface area contributed by atoms with E-state index in [1.807, 2.05) is 25.4 Å². The summed E-state index contributed by atoms with van der Waals surface area (Å²) in [4.78, 5) is 4.55. The van der Waals surface area contributed by atoms with Crippen LogP contribution in [0.1, 0.15) is 22.7 Å². The smallest absolute Gasteiger partial charge is 0.0702 e. The SMILES string of the molecule is CNC(c1cnc2ccccc2c1)c1cscc1C. The van der Waals surface area contributed by atoms with Gasteiger partial charge in [0.05, 0.1) is 11.6 Å². The predicted molar refractivity (Wildman–Crippen MR) is 81.7 cm³/mol. The molecule has 3 heteroatoms. The first-order valence-corrected chi connectivity index (χ1v) is 7.28. The molecule has 0 aliphatic carbocycles. The maximum Gasteiger partial charge on any atom is 0.0702 e. The number of fused-ring (bicyclic) bond motifs is 1. The summed E-state index contributed by atoms with van der Waals surface area (Å²) in [5, 5.41) is 8.98. The van der Waals surface area contributed by atoms with E-state index >= 15 is 0 Å². The van der Waals surface area contributed by atoms with Gasteiger partial charge in [-0.1, -0.05) is 18.2 Å². The molecule has 0 bridgehead atoms. The van der Waals surface area contributed by atoms with Crippen molar-refractivity contribution in [3.8, 4) is 0 Å². The van der Waals surface area contributed by atoms with E-state index in [4.69, 9.17) is 0 Å². The summed E-state index contributed by atoms with van der Waals surface area (Å²) in [7, 11) is 2.00. The number of para-hydroxylation sites is 1. The van der Waals surface area contributed by atoms with Crippen LogP contribution in [0, 0.1) is 6.92 Å². The number of pyridine rings is 1. The van der Waals surface area contributed by atoms with Gasteiger partial charge >= 0.3 is 0 Å². The zero-order valence-electron chi connectivity index (χ0n) is 11.1. The lowest BCUT2D eigenvalue weighted by molar-refractivity contribution is 0.689. The quantitative estimate of drug-likeness (QED) is 0.779. The number of aryl methyl sites for hydroxylation is 1. The summed E-state index contributed by atoms with van der Waals surface area (Å²) in [6, 6.07) is 10.7. The molecule has 3 rings (SSSR count). The molecule has 0 aliphatic heterocycles. The van der Waals surface area contributed by atoms with Crippen molar-refractivity contribution < 1.29 is 0 Å². The van der Waals surface area contributed by atoms with E-state index in [1.165, 1.54) is 22.1 Å². The fraction of sp³-hybridized carbons (Fsp3) is 0.188. The molecule has 2 nitrogen and oxygen atoms in total. The maximum atomic E-state index is 4.55. The Morgan fingerprint density at radius 1 is 1.21 bits per heavy atom. The third-order valence-corrected chi connectivity index (χ3v) is 4.32. The molecule has 19 heavy (non-hydrogen) atoms. The Hall–Kier alpha value is -1.71. The van der Waals surface area contributed by atoms with Crippen LogP contribution < -0.4 is 5.32 Å². The third-order valence-electron chi connectivity index (χ3n) is 3.44. The second kappa shape index (κ2) is 5.11. The van der Waals surface area contributed by atoms with Crippen molar-refractivity contribution in [1.82, 2.24) is 10.3 Å². The number of benzene rings is 1. The minimum Gasteiger partial charge on any atom is -0.309 e. The van der Waals surface area contributed by atoms with E-state index < -0.39 is 0 Å². The Balaban J connectivity index is 2.09. The van der Waals surface area contributed by atoms with Crippen LogP contribution in [0.15, 0.2) is 47.3 Å².